The molecule has 0 radical (unpaired) electrons. The molecule has 0 heterocycles. The summed E-state index contributed by atoms with van der Waals surface area (Å²) in [6, 6.07) is 17.9. The van der Waals surface area contributed by atoms with E-state index in [2.05, 4.69) is 10.5 Å². The van der Waals surface area contributed by atoms with Crippen molar-refractivity contribution in [3.8, 4) is 5.75 Å². The van der Waals surface area contributed by atoms with Crippen molar-refractivity contribution in [3.05, 3.63) is 87.9 Å². The van der Waals surface area contributed by atoms with E-state index in [0.29, 0.717) is 28.0 Å². The average molecular weight is 520 g/mol. The first-order valence-electron chi connectivity index (χ1n) is 10.3. The van der Waals surface area contributed by atoms with Gasteiger partial charge in [-0.05, 0) is 50.2 Å². The average Bonchev–Trinajstić information content (AvgIpc) is 2.80. The molecule has 3 aromatic rings. The molecule has 0 saturated heterocycles. The fraction of sp³-hybridized carbons (Fsp3) is 0.167. The van der Waals surface area contributed by atoms with Gasteiger partial charge in [-0.25, -0.2) is 13.8 Å². The number of anilines is 1. The lowest BCUT2D eigenvalue weighted by atomic mass is 10.2. The first-order chi connectivity index (χ1) is 16.2. The zero-order valence-electron chi connectivity index (χ0n) is 18.5. The van der Waals surface area contributed by atoms with Gasteiger partial charge in [0, 0.05) is 10.6 Å². The third-order valence-corrected chi connectivity index (χ3v) is 7.02. The van der Waals surface area contributed by atoms with E-state index in [-0.39, 0.29) is 10.6 Å². The largest absolute Gasteiger partial charge is 0.492 e. The van der Waals surface area contributed by atoms with Crippen LogP contribution in [0.15, 0.2) is 76.7 Å². The number of hydrazone groups is 1. The highest BCUT2D eigenvalue weighted by atomic mass is 35.5. The van der Waals surface area contributed by atoms with Gasteiger partial charge < -0.3 is 4.74 Å². The summed E-state index contributed by atoms with van der Waals surface area (Å²) in [4.78, 5) is 12.8. The minimum absolute atomic E-state index is 0.0497. The summed E-state index contributed by atoms with van der Waals surface area (Å²) in [5.74, 6) is -0.312. The third kappa shape index (κ3) is 6.28. The summed E-state index contributed by atoms with van der Waals surface area (Å²) in [6.07, 6.45) is 1.35. The lowest BCUT2D eigenvalue weighted by molar-refractivity contribution is -0.119. The number of benzene rings is 3. The molecule has 34 heavy (non-hydrogen) atoms. The number of ether oxygens (including phenoxy) is 1. The number of nitrogens with zero attached hydrogens (tertiary/aromatic N) is 2. The number of amides is 1. The number of halogens is 2. The second-order valence-corrected chi connectivity index (χ2v) is 9.89. The van der Waals surface area contributed by atoms with Crippen molar-refractivity contribution in [1.29, 1.82) is 0 Å². The standard InChI is InChI=1S/C24H23Cl2N3O4S/c1-3-33-23-7-5-4-6-22(23)29(34(31,32)20-12-8-17(2)9-13-20)16-24(30)28-27-15-18-10-11-19(25)14-21(18)26/h4-15H,3,16H2,1-2H3,(H,28,30)/b27-15-. The van der Waals surface area contributed by atoms with Crippen LogP contribution in [-0.4, -0.2) is 33.7 Å². The molecule has 1 amide bonds. The minimum Gasteiger partial charge on any atom is -0.492 e. The van der Waals surface area contributed by atoms with E-state index in [1.54, 1.807) is 61.5 Å². The van der Waals surface area contributed by atoms with Crippen LogP contribution in [-0.2, 0) is 14.8 Å². The zero-order chi connectivity index (χ0) is 24.7. The molecule has 0 saturated carbocycles. The first-order valence-corrected chi connectivity index (χ1v) is 12.5. The molecule has 0 unspecified atom stereocenters. The maximum absolute atomic E-state index is 13.5. The molecule has 0 aliphatic carbocycles. The van der Waals surface area contributed by atoms with Crippen LogP contribution < -0.4 is 14.5 Å². The number of carbonyl (C=O) groups excluding carboxylic acids is 1. The van der Waals surface area contributed by atoms with Crippen molar-refractivity contribution >= 4 is 51.0 Å². The maximum atomic E-state index is 13.5. The van der Waals surface area contributed by atoms with Gasteiger partial charge in [0.15, 0.2) is 0 Å². The maximum Gasteiger partial charge on any atom is 0.264 e. The molecule has 178 valence electrons. The van der Waals surface area contributed by atoms with Gasteiger partial charge in [-0.15, -0.1) is 0 Å². The summed E-state index contributed by atoms with van der Waals surface area (Å²) in [7, 11) is -4.09. The summed E-state index contributed by atoms with van der Waals surface area (Å²) in [6.45, 7) is 3.45. The predicted octanol–water partition coefficient (Wildman–Crippen LogP) is 5.05. The van der Waals surface area contributed by atoms with Crippen LogP contribution >= 0.6 is 23.2 Å². The van der Waals surface area contributed by atoms with Gasteiger partial charge in [-0.2, -0.15) is 5.10 Å². The Morgan fingerprint density at radius 2 is 1.79 bits per heavy atom. The van der Waals surface area contributed by atoms with E-state index in [1.165, 1.54) is 18.3 Å². The van der Waals surface area contributed by atoms with Gasteiger partial charge >= 0.3 is 0 Å². The van der Waals surface area contributed by atoms with E-state index in [1.807, 2.05) is 6.92 Å². The molecule has 3 rings (SSSR count). The Morgan fingerprint density at radius 3 is 2.47 bits per heavy atom. The molecule has 0 aromatic heterocycles. The molecule has 7 nitrogen and oxygen atoms in total. The Balaban J connectivity index is 1.90. The molecular weight excluding hydrogens is 497 g/mol. The van der Waals surface area contributed by atoms with Gasteiger partial charge in [-0.1, -0.05) is 59.1 Å². The quantitative estimate of drug-likeness (QED) is 0.316. The van der Waals surface area contributed by atoms with Gasteiger partial charge in [0.2, 0.25) is 0 Å². The van der Waals surface area contributed by atoms with Crippen molar-refractivity contribution in [3.63, 3.8) is 0 Å². The topological polar surface area (TPSA) is 88.1 Å². The fourth-order valence-corrected chi connectivity index (χ4v) is 4.91. The van der Waals surface area contributed by atoms with Crippen molar-refractivity contribution in [2.75, 3.05) is 17.5 Å². The number of hydrogen-bond acceptors (Lipinski definition) is 5. The van der Waals surface area contributed by atoms with Crippen LogP contribution in [0.25, 0.3) is 0 Å². The van der Waals surface area contributed by atoms with Crippen LogP contribution in [0.3, 0.4) is 0 Å². The van der Waals surface area contributed by atoms with Crippen molar-refractivity contribution in [2.45, 2.75) is 18.7 Å². The number of para-hydroxylation sites is 2. The fourth-order valence-electron chi connectivity index (χ4n) is 3.02. The normalized spacial score (nSPS) is 11.4. The number of rotatable bonds is 9. The SMILES string of the molecule is CCOc1ccccc1N(CC(=O)N/N=C\c1ccc(Cl)cc1Cl)S(=O)(=O)c1ccc(C)cc1. The number of carbonyl (C=O) groups is 1. The molecule has 0 fully saturated rings. The highest BCUT2D eigenvalue weighted by molar-refractivity contribution is 7.92. The van der Waals surface area contributed by atoms with E-state index < -0.39 is 22.5 Å². The van der Waals surface area contributed by atoms with Gasteiger partial charge in [0.1, 0.15) is 12.3 Å². The lowest BCUT2D eigenvalue weighted by Crippen LogP contribution is -2.39. The summed E-state index contributed by atoms with van der Waals surface area (Å²) < 4.78 is 33.7. The van der Waals surface area contributed by atoms with Crippen LogP contribution in [0.2, 0.25) is 10.0 Å². The van der Waals surface area contributed by atoms with Crippen molar-refractivity contribution in [1.82, 2.24) is 5.43 Å². The summed E-state index contributed by atoms with van der Waals surface area (Å²) in [5, 5.41) is 4.73. The van der Waals surface area contributed by atoms with Gasteiger partial charge in [0.05, 0.1) is 28.4 Å². The zero-order valence-corrected chi connectivity index (χ0v) is 20.9. The van der Waals surface area contributed by atoms with Crippen molar-refractivity contribution < 1.29 is 17.9 Å². The number of nitrogens with one attached hydrogen (secondary N) is 1. The molecule has 3 aromatic carbocycles. The second kappa shape index (κ2) is 11.4. The summed E-state index contributed by atoms with van der Waals surface area (Å²) in [5.41, 5.74) is 4.04. The van der Waals surface area contributed by atoms with Crippen LogP contribution in [0.5, 0.6) is 5.75 Å². The Hall–Kier alpha value is -3.07. The monoisotopic (exact) mass is 519 g/mol. The Morgan fingerprint density at radius 1 is 1.09 bits per heavy atom. The highest BCUT2D eigenvalue weighted by Crippen LogP contribution is 2.32. The first kappa shape index (κ1) is 25.6. The predicted molar refractivity (Wildman–Crippen MR) is 136 cm³/mol. The van der Waals surface area contributed by atoms with E-state index in [9.17, 15) is 13.2 Å². The number of sulfonamides is 1. The number of aryl methyl sites for hydroxylation is 1. The molecule has 1 N–H and O–H groups in total. The van der Waals surface area contributed by atoms with Crippen LogP contribution in [0.4, 0.5) is 5.69 Å². The molecule has 0 spiro atoms. The molecule has 0 aliphatic heterocycles. The van der Waals surface area contributed by atoms with Gasteiger partial charge in [0.25, 0.3) is 15.9 Å². The Labute approximate surface area is 209 Å². The van der Waals surface area contributed by atoms with Gasteiger partial charge in [-0.3, -0.25) is 9.10 Å². The molecule has 0 atom stereocenters. The Bertz CT molecular complexity index is 1300. The van der Waals surface area contributed by atoms with Crippen LogP contribution in [0, 0.1) is 6.92 Å². The Kier molecular flexibility index (Phi) is 8.55. The molecule has 10 heteroatoms. The molecule has 0 aliphatic rings. The molecule has 0 bridgehead atoms. The van der Waals surface area contributed by atoms with Crippen LogP contribution in [0.1, 0.15) is 18.1 Å². The minimum atomic E-state index is -4.09. The molecular formula is C24H23Cl2N3O4S. The van der Waals surface area contributed by atoms with Crippen molar-refractivity contribution in [2.24, 2.45) is 5.10 Å². The summed E-state index contributed by atoms with van der Waals surface area (Å²) >= 11 is 12.0. The third-order valence-electron chi connectivity index (χ3n) is 4.69. The van der Waals surface area contributed by atoms with E-state index in [0.717, 1.165) is 9.87 Å². The lowest BCUT2D eigenvalue weighted by Gasteiger charge is -2.25. The van der Waals surface area contributed by atoms with E-state index >= 15 is 0 Å². The highest BCUT2D eigenvalue weighted by Gasteiger charge is 2.29. The smallest absolute Gasteiger partial charge is 0.264 e. The number of hydrogen-bond donors (Lipinski definition) is 1. The van der Waals surface area contributed by atoms with E-state index in [4.69, 9.17) is 27.9 Å². The second-order valence-electron chi connectivity index (χ2n) is 7.18.